The fraction of sp³-hybridized carbons (Fsp3) is 0.176. The first kappa shape index (κ1) is 15.3. The quantitative estimate of drug-likeness (QED) is 0.484. The maximum Gasteiger partial charge on any atom is 0.316 e. The van der Waals surface area contributed by atoms with Crippen molar-refractivity contribution in [2.24, 2.45) is 0 Å². The van der Waals surface area contributed by atoms with Crippen molar-refractivity contribution in [3.8, 4) is 5.88 Å². The molecule has 0 aliphatic rings. The maximum atomic E-state index is 13.8. The minimum absolute atomic E-state index is 0.254. The van der Waals surface area contributed by atoms with Gasteiger partial charge in [-0.15, -0.1) is 5.10 Å². The van der Waals surface area contributed by atoms with Crippen molar-refractivity contribution >= 4 is 38.5 Å². The number of hydrogen-bond acceptors (Lipinski definition) is 5. The molecule has 0 aliphatic heterocycles. The van der Waals surface area contributed by atoms with Gasteiger partial charge in [0.2, 0.25) is 5.88 Å². The highest BCUT2D eigenvalue weighted by molar-refractivity contribution is 6.24. The number of carboxylic acids is 1. The van der Waals surface area contributed by atoms with E-state index >= 15 is 0 Å². The van der Waals surface area contributed by atoms with E-state index in [9.17, 15) is 19.4 Å². The van der Waals surface area contributed by atoms with Gasteiger partial charge in [-0.05, 0) is 32.0 Å². The van der Waals surface area contributed by atoms with Crippen LogP contribution in [0.2, 0.25) is 0 Å². The first-order valence-electron chi connectivity index (χ1n) is 7.50. The van der Waals surface area contributed by atoms with Crippen LogP contribution in [0.5, 0.6) is 5.88 Å². The molecule has 0 bridgehead atoms. The molecule has 3 N–H and O–H groups in total. The molecule has 126 valence electrons. The average molecular weight is 340 g/mol. The van der Waals surface area contributed by atoms with E-state index in [0.717, 1.165) is 0 Å². The van der Waals surface area contributed by atoms with Gasteiger partial charge < -0.3 is 15.2 Å². The van der Waals surface area contributed by atoms with Crippen molar-refractivity contribution in [3.05, 3.63) is 36.0 Å². The zero-order chi connectivity index (χ0) is 17.9. The Bertz CT molecular complexity index is 1180. The summed E-state index contributed by atoms with van der Waals surface area (Å²) in [5.74, 6) is -1.58. The molecule has 0 radical (unpaired) electrons. The minimum Gasteiger partial charge on any atom is -0.492 e. The largest absolute Gasteiger partial charge is 0.492 e. The van der Waals surface area contributed by atoms with Crippen LogP contribution in [0, 0.1) is 5.82 Å². The Morgan fingerprint density at radius 1 is 1.24 bits per heavy atom. The van der Waals surface area contributed by atoms with Crippen molar-refractivity contribution in [1.29, 1.82) is 0 Å². The lowest BCUT2D eigenvalue weighted by atomic mass is 9.93. The van der Waals surface area contributed by atoms with Gasteiger partial charge in [0.05, 0.1) is 22.6 Å². The van der Waals surface area contributed by atoms with Crippen LogP contribution >= 0.6 is 0 Å². The van der Waals surface area contributed by atoms with Crippen LogP contribution in [0.4, 0.5) is 4.39 Å². The van der Waals surface area contributed by atoms with E-state index < -0.39 is 17.2 Å². The molecule has 4 aromatic rings. The Hall–Kier alpha value is -3.29. The summed E-state index contributed by atoms with van der Waals surface area (Å²) < 4.78 is 13.8. The third-order valence-electron chi connectivity index (χ3n) is 4.44. The van der Waals surface area contributed by atoms with E-state index in [4.69, 9.17) is 0 Å². The van der Waals surface area contributed by atoms with E-state index in [1.54, 1.807) is 6.07 Å². The third-order valence-corrected chi connectivity index (χ3v) is 4.44. The molecular formula is C17H13FN4O3. The lowest BCUT2D eigenvalue weighted by Gasteiger charge is -2.15. The number of H-pyrrole nitrogens is 1. The number of imidazole rings is 1. The second-order valence-electron chi connectivity index (χ2n) is 6.39. The van der Waals surface area contributed by atoms with E-state index in [-0.39, 0.29) is 11.7 Å². The summed E-state index contributed by atoms with van der Waals surface area (Å²) in [6.45, 7) is 3.07. The number of fused-ring (bicyclic) bond motifs is 6. The zero-order valence-electron chi connectivity index (χ0n) is 13.3. The monoisotopic (exact) mass is 340 g/mol. The van der Waals surface area contributed by atoms with Crippen molar-refractivity contribution < 1.29 is 19.4 Å². The summed E-state index contributed by atoms with van der Waals surface area (Å²) in [4.78, 5) is 19.0. The number of carbonyl (C=O) groups is 1. The Labute approximate surface area is 140 Å². The Morgan fingerprint density at radius 3 is 2.72 bits per heavy atom. The highest BCUT2D eigenvalue weighted by Crippen LogP contribution is 2.38. The predicted molar refractivity (Wildman–Crippen MR) is 89.0 cm³/mol. The molecule has 8 heteroatoms. The first-order chi connectivity index (χ1) is 11.8. The number of aromatic hydroxyl groups is 1. The molecule has 2 aromatic heterocycles. The molecule has 7 nitrogen and oxygen atoms in total. The summed E-state index contributed by atoms with van der Waals surface area (Å²) in [6, 6.07) is 4.12. The number of nitrogens with zero attached hydrogens (tertiary/aromatic N) is 3. The van der Waals surface area contributed by atoms with Gasteiger partial charge in [-0.2, -0.15) is 5.10 Å². The topological polar surface area (TPSA) is 112 Å². The summed E-state index contributed by atoms with van der Waals surface area (Å²) >= 11 is 0. The van der Waals surface area contributed by atoms with E-state index in [1.807, 2.05) is 0 Å². The van der Waals surface area contributed by atoms with E-state index in [2.05, 4.69) is 20.2 Å². The number of hydrogen-bond donors (Lipinski definition) is 3. The van der Waals surface area contributed by atoms with Gasteiger partial charge in [0.25, 0.3) is 0 Å². The van der Waals surface area contributed by atoms with Crippen LogP contribution in [0.1, 0.15) is 19.7 Å². The number of aromatic amines is 1. The normalized spacial score (nSPS) is 12.3. The smallest absolute Gasteiger partial charge is 0.316 e. The van der Waals surface area contributed by atoms with Crippen LogP contribution < -0.4 is 0 Å². The van der Waals surface area contributed by atoms with Crippen molar-refractivity contribution in [3.63, 3.8) is 0 Å². The molecule has 0 saturated heterocycles. The summed E-state index contributed by atoms with van der Waals surface area (Å²) in [6.07, 6.45) is 1.43. The van der Waals surface area contributed by atoms with Crippen LogP contribution in [0.25, 0.3) is 32.6 Å². The van der Waals surface area contributed by atoms with Gasteiger partial charge in [-0.3, -0.25) is 4.79 Å². The molecule has 2 aromatic carbocycles. The second kappa shape index (κ2) is 4.85. The third kappa shape index (κ3) is 2.03. The fourth-order valence-electron chi connectivity index (χ4n) is 2.92. The van der Waals surface area contributed by atoms with Gasteiger partial charge >= 0.3 is 5.97 Å². The van der Waals surface area contributed by atoms with E-state index in [0.29, 0.717) is 32.6 Å². The number of carboxylic acid groups (broad SMARTS) is 1. The van der Waals surface area contributed by atoms with Gasteiger partial charge in [0.1, 0.15) is 17.1 Å². The molecule has 0 fully saturated rings. The van der Waals surface area contributed by atoms with Gasteiger partial charge in [0, 0.05) is 16.2 Å². The summed E-state index contributed by atoms with van der Waals surface area (Å²) in [7, 11) is 0. The van der Waals surface area contributed by atoms with Crippen molar-refractivity contribution in [2.75, 3.05) is 0 Å². The van der Waals surface area contributed by atoms with Crippen LogP contribution in [-0.2, 0) is 10.2 Å². The summed E-state index contributed by atoms with van der Waals surface area (Å²) in [5, 5.41) is 28.8. The molecule has 0 aliphatic carbocycles. The van der Waals surface area contributed by atoms with Gasteiger partial charge in [-0.25, -0.2) is 9.37 Å². The number of benzene rings is 2. The SMILES string of the molecule is CC(C)(C(=O)O)c1nc2c3ccc(F)cc3c3c(O)nncc3c2[nH]1. The summed E-state index contributed by atoms with van der Waals surface area (Å²) in [5.41, 5.74) is -0.247. The number of rotatable bonds is 2. The van der Waals surface area contributed by atoms with Crippen LogP contribution in [-0.4, -0.2) is 36.3 Å². The van der Waals surface area contributed by atoms with Gasteiger partial charge in [0.15, 0.2) is 0 Å². The van der Waals surface area contributed by atoms with Crippen LogP contribution in [0.15, 0.2) is 24.4 Å². The molecule has 0 amide bonds. The number of halogens is 1. The predicted octanol–water partition coefficient (Wildman–Crippen LogP) is 2.87. The standard InChI is InChI=1S/C17H13FN4O3/c1-17(2,16(24)25)15-20-12-8-4-3-7(18)5-9(8)11-10(13(12)21-15)6-19-22-14(11)23/h3-6H,1-2H3,(H,20,21)(H,22,23)(H,24,25). The molecule has 0 unspecified atom stereocenters. The highest BCUT2D eigenvalue weighted by Gasteiger charge is 2.33. The molecule has 25 heavy (non-hydrogen) atoms. The average Bonchev–Trinajstić information content (AvgIpc) is 3.01. The highest BCUT2D eigenvalue weighted by atomic mass is 19.1. The Kier molecular flexibility index (Phi) is 2.96. The Morgan fingerprint density at radius 2 is 2.00 bits per heavy atom. The van der Waals surface area contributed by atoms with Crippen molar-refractivity contribution in [1.82, 2.24) is 20.2 Å². The molecule has 4 rings (SSSR count). The number of aliphatic carboxylic acids is 1. The lowest BCUT2D eigenvalue weighted by molar-refractivity contribution is -0.142. The molecule has 2 heterocycles. The molecule has 0 atom stereocenters. The van der Waals surface area contributed by atoms with Gasteiger partial charge in [-0.1, -0.05) is 0 Å². The van der Waals surface area contributed by atoms with Crippen molar-refractivity contribution in [2.45, 2.75) is 19.3 Å². The minimum atomic E-state index is -1.25. The first-order valence-corrected chi connectivity index (χ1v) is 7.50. The molecule has 0 saturated carbocycles. The Balaban J connectivity index is 2.25. The second-order valence-corrected chi connectivity index (χ2v) is 6.39. The zero-order valence-corrected chi connectivity index (χ0v) is 13.3. The molecular weight excluding hydrogens is 327 g/mol. The molecule has 0 spiro atoms. The van der Waals surface area contributed by atoms with E-state index in [1.165, 1.54) is 32.2 Å². The lowest BCUT2D eigenvalue weighted by Crippen LogP contribution is -2.29. The maximum absolute atomic E-state index is 13.8. The fourth-order valence-corrected chi connectivity index (χ4v) is 2.92. The number of aromatic nitrogens is 4. The van der Waals surface area contributed by atoms with Crippen LogP contribution in [0.3, 0.4) is 0 Å². The number of nitrogens with one attached hydrogen (secondary N) is 1.